The largest absolute Gasteiger partial charge is 0.335 e. The molecule has 0 atom stereocenters. The van der Waals surface area contributed by atoms with Crippen molar-refractivity contribution in [2.24, 2.45) is 0 Å². The molecular weight excluding hydrogens is 233 g/mol. The van der Waals surface area contributed by atoms with Crippen LogP contribution in [-0.4, -0.2) is 14.7 Å². The molecule has 0 spiro atoms. The van der Waals surface area contributed by atoms with E-state index in [1.165, 1.54) is 38.1 Å². The minimum absolute atomic E-state index is 0.106. The summed E-state index contributed by atoms with van der Waals surface area (Å²) in [7, 11) is -4.30. The van der Waals surface area contributed by atoms with Crippen LogP contribution < -0.4 is 0 Å². The zero-order valence-electron chi connectivity index (χ0n) is 8.82. The second-order valence-corrected chi connectivity index (χ2v) is 6.11. The molecule has 0 fully saturated rings. The van der Waals surface area contributed by atoms with Gasteiger partial charge < -0.3 is 9.79 Å². The first-order chi connectivity index (χ1) is 7.16. The van der Waals surface area contributed by atoms with Crippen LogP contribution >= 0.6 is 7.60 Å². The normalized spacial score (nSPS) is 12.5. The van der Waals surface area contributed by atoms with Gasteiger partial charge in [-0.15, -0.1) is 0 Å². The summed E-state index contributed by atoms with van der Waals surface area (Å²) < 4.78 is 11.2. The predicted octanol–water partition coefficient (Wildman–Crippen LogP) is 2.01. The lowest BCUT2D eigenvalue weighted by atomic mass is 10.0. The number of non-ortho nitro benzene ring substituents is 1. The van der Waals surface area contributed by atoms with Gasteiger partial charge in [0.2, 0.25) is 0 Å². The average Bonchev–Trinajstić information content (AvgIpc) is 2.16. The summed E-state index contributed by atoms with van der Waals surface area (Å²) in [6.45, 7) is 2.80. The van der Waals surface area contributed by atoms with Gasteiger partial charge >= 0.3 is 7.60 Å². The van der Waals surface area contributed by atoms with E-state index < -0.39 is 17.7 Å². The molecule has 1 aromatic carbocycles. The van der Waals surface area contributed by atoms with Gasteiger partial charge in [-0.1, -0.05) is 12.1 Å². The van der Waals surface area contributed by atoms with Crippen molar-refractivity contribution in [3.63, 3.8) is 0 Å². The van der Waals surface area contributed by atoms with Crippen molar-refractivity contribution in [3.8, 4) is 0 Å². The van der Waals surface area contributed by atoms with Gasteiger partial charge in [-0.25, -0.2) is 0 Å². The van der Waals surface area contributed by atoms with E-state index in [0.717, 1.165) is 0 Å². The quantitative estimate of drug-likeness (QED) is 0.482. The van der Waals surface area contributed by atoms with Crippen LogP contribution in [0, 0.1) is 10.1 Å². The molecule has 7 heteroatoms. The van der Waals surface area contributed by atoms with E-state index in [-0.39, 0.29) is 5.69 Å². The smallest absolute Gasteiger partial charge is 0.324 e. The second-order valence-electron chi connectivity index (χ2n) is 3.91. The topological polar surface area (TPSA) is 101 Å². The zero-order chi connectivity index (χ0) is 12.6. The van der Waals surface area contributed by atoms with Gasteiger partial charge in [-0.3, -0.25) is 14.7 Å². The number of hydrogen-bond donors (Lipinski definition) is 2. The van der Waals surface area contributed by atoms with Crippen LogP contribution in [0.1, 0.15) is 19.4 Å². The SMILES string of the molecule is CC(C)(c1ccc([N+](=O)[O-])cc1)P(=O)(O)O. The maximum atomic E-state index is 11.2. The second kappa shape index (κ2) is 3.97. The van der Waals surface area contributed by atoms with E-state index in [1.54, 1.807) is 0 Å². The van der Waals surface area contributed by atoms with E-state index in [4.69, 9.17) is 9.79 Å². The summed E-state index contributed by atoms with van der Waals surface area (Å²) in [6, 6.07) is 5.17. The van der Waals surface area contributed by atoms with Gasteiger partial charge in [0.05, 0.1) is 10.1 Å². The number of benzene rings is 1. The molecule has 6 nitrogen and oxygen atoms in total. The molecule has 0 saturated heterocycles. The highest BCUT2D eigenvalue weighted by Crippen LogP contribution is 2.56. The minimum atomic E-state index is -4.30. The lowest BCUT2D eigenvalue weighted by Crippen LogP contribution is -2.17. The van der Waals surface area contributed by atoms with Crippen molar-refractivity contribution in [1.82, 2.24) is 0 Å². The van der Waals surface area contributed by atoms with E-state index >= 15 is 0 Å². The van der Waals surface area contributed by atoms with Gasteiger partial charge in [-0.2, -0.15) is 0 Å². The molecule has 1 aromatic rings. The van der Waals surface area contributed by atoms with Crippen LogP contribution in [0.25, 0.3) is 0 Å². The third-order valence-electron chi connectivity index (χ3n) is 2.51. The molecule has 16 heavy (non-hydrogen) atoms. The van der Waals surface area contributed by atoms with Crippen molar-refractivity contribution in [3.05, 3.63) is 39.9 Å². The van der Waals surface area contributed by atoms with Crippen molar-refractivity contribution in [1.29, 1.82) is 0 Å². The number of nitro groups is 1. The third kappa shape index (κ3) is 2.29. The highest BCUT2D eigenvalue weighted by Gasteiger charge is 2.39. The Balaban J connectivity index is 3.17. The number of hydrogen-bond acceptors (Lipinski definition) is 3. The Morgan fingerprint density at radius 1 is 1.25 bits per heavy atom. The lowest BCUT2D eigenvalue weighted by Gasteiger charge is -2.25. The fourth-order valence-corrected chi connectivity index (χ4v) is 1.64. The average molecular weight is 245 g/mol. The molecule has 0 aliphatic rings. The van der Waals surface area contributed by atoms with Crippen LogP contribution in [0.5, 0.6) is 0 Å². The molecule has 0 saturated carbocycles. The van der Waals surface area contributed by atoms with Gasteiger partial charge in [0.25, 0.3) is 5.69 Å². The van der Waals surface area contributed by atoms with Crippen molar-refractivity contribution in [2.45, 2.75) is 19.0 Å². The first-order valence-electron chi connectivity index (χ1n) is 4.47. The summed E-state index contributed by atoms with van der Waals surface area (Å²) in [5.41, 5.74) is 0.261. The Hall–Kier alpha value is -1.23. The van der Waals surface area contributed by atoms with Crippen molar-refractivity contribution < 1.29 is 19.3 Å². The van der Waals surface area contributed by atoms with E-state index in [9.17, 15) is 14.7 Å². The van der Waals surface area contributed by atoms with E-state index in [1.807, 2.05) is 0 Å². The number of nitrogens with zero attached hydrogens (tertiary/aromatic N) is 1. The number of rotatable bonds is 3. The summed E-state index contributed by atoms with van der Waals surface area (Å²) >= 11 is 0. The molecule has 88 valence electrons. The first kappa shape index (κ1) is 12.8. The van der Waals surface area contributed by atoms with Crippen molar-refractivity contribution >= 4 is 13.3 Å². The van der Waals surface area contributed by atoms with Gasteiger partial charge in [-0.05, 0) is 19.4 Å². The Bertz CT molecular complexity index is 447. The van der Waals surface area contributed by atoms with Crippen LogP contribution in [0.2, 0.25) is 0 Å². The van der Waals surface area contributed by atoms with Gasteiger partial charge in [0.15, 0.2) is 0 Å². The molecule has 1 rings (SSSR count). The molecule has 0 heterocycles. The monoisotopic (exact) mass is 245 g/mol. The molecule has 0 aliphatic carbocycles. The fourth-order valence-electron chi connectivity index (χ4n) is 1.16. The molecule has 0 unspecified atom stereocenters. The van der Waals surface area contributed by atoms with Crippen LogP contribution in [-0.2, 0) is 9.72 Å². The maximum absolute atomic E-state index is 11.2. The predicted molar refractivity (Wildman–Crippen MR) is 58.2 cm³/mol. The first-order valence-corrected chi connectivity index (χ1v) is 6.08. The molecule has 2 N–H and O–H groups in total. The minimum Gasteiger partial charge on any atom is -0.324 e. The molecule has 0 aliphatic heterocycles. The van der Waals surface area contributed by atoms with Crippen LogP contribution in [0.15, 0.2) is 24.3 Å². The van der Waals surface area contributed by atoms with E-state index in [2.05, 4.69) is 0 Å². The Morgan fingerprint density at radius 2 is 1.69 bits per heavy atom. The maximum Gasteiger partial charge on any atom is 0.335 e. The standard InChI is InChI=1S/C9H12NO5P/c1-9(2,16(13,14)15)7-3-5-8(6-4-7)10(11)12/h3-6H,1-2H3,(H2,13,14,15). The number of nitro benzene ring substituents is 1. The zero-order valence-corrected chi connectivity index (χ0v) is 9.72. The van der Waals surface area contributed by atoms with Crippen LogP contribution in [0.3, 0.4) is 0 Å². The molecular formula is C9H12NO5P. The molecule has 0 radical (unpaired) electrons. The highest BCUT2D eigenvalue weighted by molar-refractivity contribution is 7.53. The Labute approximate surface area is 92.2 Å². The lowest BCUT2D eigenvalue weighted by molar-refractivity contribution is -0.384. The molecule has 0 amide bonds. The Kier molecular flexibility index (Phi) is 3.19. The molecule has 0 bridgehead atoms. The highest BCUT2D eigenvalue weighted by atomic mass is 31.2. The summed E-state index contributed by atoms with van der Waals surface area (Å²) in [5.74, 6) is 0. The van der Waals surface area contributed by atoms with Crippen molar-refractivity contribution in [2.75, 3.05) is 0 Å². The summed E-state index contributed by atoms with van der Waals surface area (Å²) in [6.07, 6.45) is 0. The van der Waals surface area contributed by atoms with Crippen LogP contribution in [0.4, 0.5) is 5.69 Å². The van der Waals surface area contributed by atoms with Gasteiger partial charge in [0.1, 0.15) is 0 Å². The molecule has 0 aromatic heterocycles. The Morgan fingerprint density at radius 3 is 2.00 bits per heavy atom. The fraction of sp³-hybridized carbons (Fsp3) is 0.333. The summed E-state index contributed by atoms with van der Waals surface area (Å²) in [5, 5.41) is 9.07. The van der Waals surface area contributed by atoms with E-state index in [0.29, 0.717) is 5.56 Å². The van der Waals surface area contributed by atoms with Gasteiger partial charge in [0, 0.05) is 12.1 Å². The third-order valence-corrected chi connectivity index (χ3v) is 4.23. The summed E-state index contributed by atoms with van der Waals surface area (Å²) in [4.78, 5) is 28.2.